The average molecular weight is 170 g/mol. The van der Waals surface area contributed by atoms with Gasteiger partial charge in [-0.3, -0.25) is 4.89 Å². The molecule has 0 saturated heterocycles. The van der Waals surface area contributed by atoms with Crippen molar-refractivity contribution in [1.29, 1.82) is 0 Å². The number of carbonyl (C=O) groups is 1. The fourth-order valence-corrected chi connectivity index (χ4v) is 0.462. The first-order valence-electron chi connectivity index (χ1n) is 2.74. The van der Waals surface area contributed by atoms with Crippen molar-refractivity contribution in [2.45, 2.75) is 20.3 Å². The van der Waals surface area contributed by atoms with Gasteiger partial charge in [0.15, 0.2) is 0 Å². The van der Waals surface area contributed by atoms with Crippen molar-refractivity contribution in [2.24, 2.45) is 0 Å². The zero-order valence-corrected chi connectivity index (χ0v) is 5.55. The van der Waals surface area contributed by atoms with Gasteiger partial charge in [0.1, 0.15) is 0 Å². The molecule has 0 rings (SSSR count). The summed E-state index contributed by atoms with van der Waals surface area (Å²) < 4.78 is 0. The Morgan fingerprint density at radius 2 is 2.20 bits per heavy atom. The fourth-order valence-electron chi connectivity index (χ4n) is 0.462. The van der Waals surface area contributed by atoms with Gasteiger partial charge in [-0.1, -0.05) is 13.0 Å². The number of hydrogen-bond donors (Lipinski definition) is 1. The first-order valence-corrected chi connectivity index (χ1v) is 2.74. The first kappa shape index (κ1) is 13.4. The Hall–Kier alpha value is 0.806. The molecule has 0 aliphatic heterocycles. The third kappa shape index (κ3) is 5.58. The molecule has 0 aromatic heterocycles. The SMILES string of the molecule is CCC=C(C)C(=O)OO.[KH]. The Labute approximate surface area is 103 Å². The molecular formula is C6H11KO3. The summed E-state index contributed by atoms with van der Waals surface area (Å²) in [6.07, 6.45) is 2.44. The van der Waals surface area contributed by atoms with Gasteiger partial charge in [0.25, 0.3) is 0 Å². The van der Waals surface area contributed by atoms with Crippen LogP contribution in [0.3, 0.4) is 0 Å². The summed E-state index contributed by atoms with van der Waals surface area (Å²) in [6, 6.07) is 0. The average Bonchev–Trinajstić information content (AvgIpc) is 1.87. The molecule has 3 nitrogen and oxygen atoms in total. The number of carbonyl (C=O) groups excluding carboxylic acids is 1. The fraction of sp³-hybridized carbons (Fsp3) is 0.500. The van der Waals surface area contributed by atoms with Crippen LogP contribution in [-0.4, -0.2) is 62.6 Å². The first-order chi connectivity index (χ1) is 4.22. The molecule has 0 bridgehead atoms. The maximum absolute atomic E-state index is 10.4. The summed E-state index contributed by atoms with van der Waals surface area (Å²) in [4.78, 5) is 13.8. The molecule has 0 saturated carbocycles. The minimum atomic E-state index is -0.683. The Morgan fingerprint density at radius 1 is 1.70 bits per heavy atom. The monoisotopic (exact) mass is 170 g/mol. The van der Waals surface area contributed by atoms with Crippen LogP contribution < -0.4 is 0 Å². The molecule has 0 aliphatic carbocycles. The molecule has 0 amide bonds. The number of hydrogen-bond acceptors (Lipinski definition) is 3. The van der Waals surface area contributed by atoms with E-state index < -0.39 is 5.97 Å². The molecule has 0 radical (unpaired) electrons. The minimum absolute atomic E-state index is 0. The van der Waals surface area contributed by atoms with Crippen molar-refractivity contribution >= 4 is 57.4 Å². The van der Waals surface area contributed by atoms with E-state index in [0.29, 0.717) is 5.57 Å². The molecule has 54 valence electrons. The molecule has 0 aliphatic rings. The van der Waals surface area contributed by atoms with E-state index in [2.05, 4.69) is 4.89 Å². The van der Waals surface area contributed by atoms with E-state index in [-0.39, 0.29) is 51.4 Å². The number of allylic oxidation sites excluding steroid dienone is 1. The molecule has 0 atom stereocenters. The van der Waals surface area contributed by atoms with Crippen LogP contribution in [0, 0.1) is 0 Å². The third-order valence-electron chi connectivity index (χ3n) is 0.915. The molecule has 0 heterocycles. The zero-order valence-electron chi connectivity index (χ0n) is 5.55. The number of rotatable bonds is 2. The van der Waals surface area contributed by atoms with Crippen LogP contribution in [0.15, 0.2) is 11.6 Å². The van der Waals surface area contributed by atoms with Gasteiger partial charge >= 0.3 is 57.4 Å². The van der Waals surface area contributed by atoms with Crippen molar-refractivity contribution in [1.82, 2.24) is 0 Å². The van der Waals surface area contributed by atoms with Crippen molar-refractivity contribution in [2.75, 3.05) is 0 Å². The molecule has 0 fully saturated rings. The second-order valence-corrected chi connectivity index (χ2v) is 1.67. The standard InChI is InChI=1S/C6H10O3.K.H/c1-3-4-5(2)6(7)9-8;;/h4,8H,3H2,1-2H3;;. The van der Waals surface area contributed by atoms with Gasteiger partial charge < -0.3 is 0 Å². The summed E-state index contributed by atoms with van der Waals surface area (Å²) in [6.45, 7) is 3.48. The zero-order chi connectivity index (χ0) is 7.28. The quantitative estimate of drug-likeness (QED) is 0.287. The topological polar surface area (TPSA) is 46.5 Å². The van der Waals surface area contributed by atoms with Crippen LogP contribution in [0.2, 0.25) is 0 Å². The molecule has 0 aromatic carbocycles. The van der Waals surface area contributed by atoms with Gasteiger partial charge in [-0.2, -0.15) is 5.26 Å². The Kier molecular flexibility index (Phi) is 10.6. The Bertz CT molecular complexity index is 131. The van der Waals surface area contributed by atoms with Crippen molar-refractivity contribution < 1.29 is 14.9 Å². The summed E-state index contributed by atoms with van der Waals surface area (Å²) in [7, 11) is 0. The second kappa shape index (κ2) is 7.91. The van der Waals surface area contributed by atoms with E-state index in [4.69, 9.17) is 5.26 Å². The van der Waals surface area contributed by atoms with Gasteiger partial charge in [0, 0.05) is 5.57 Å². The predicted octanol–water partition coefficient (Wildman–Crippen LogP) is 0.710. The summed E-state index contributed by atoms with van der Waals surface area (Å²) in [5, 5.41) is 7.84. The van der Waals surface area contributed by atoms with Crippen LogP contribution in [0.1, 0.15) is 20.3 Å². The van der Waals surface area contributed by atoms with E-state index in [1.807, 2.05) is 6.92 Å². The van der Waals surface area contributed by atoms with Gasteiger partial charge in [0.2, 0.25) is 0 Å². The Balaban J connectivity index is 0. The van der Waals surface area contributed by atoms with Crippen LogP contribution in [-0.2, 0) is 9.68 Å². The van der Waals surface area contributed by atoms with E-state index in [1.54, 1.807) is 13.0 Å². The molecule has 4 heteroatoms. The van der Waals surface area contributed by atoms with Crippen molar-refractivity contribution in [3.8, 4) is 0 Å². The van der Waals surface area contributed by atoms with Gasteiger partial charge in [0.05, 0.1) is 0 Å². The van der Waals surface area contributed by atoms with Gasteiger partial charge in [-0.05, 0) is 13.3 Å². The molecule has 0 spiro atoms. The van der Waals surface area contributed by atoms with E-state index >= 15 is 0 Å². The summed E-state index contributed by atoms with van der Waals surface area (Å²) in [5.41, 5.74) is 0.431. The van der Waals surface area contributed by atoms with E-state index in [1.165, 1.54) is 0 Å². The van der Waals surface area contributed by atoms with Crippen LogP contribution in [0.4, 0.5) is 0 Å². The maximum atomic E-state index is 10.4. The van der Waals surface area contributed by atoms with Crippen LogP contribution in [0.5, 0.6) is 0 Å². The molecule has 0 unspecified atom stereocenters. The van der Waals surface area contributed by atoms with Gasteiger partial charge in [-0.15, -0.1) is 0 Å². The summed E-state index contributed by atoms with van der Waals surface area (Å²) >= 11 is 0. The van der Waals surface area contributed by atoms with E-state index in [9.17, 15) is 4.79 Å². The van der Waals surface area contributed by atoms with Crippen LogP contribution in [0.25, 0.3) is 0 Å². The third-order valence-corrected chi connectivity index (χ3v) is 0.915. The Morgan fingerprint density at radius 3 is 2.50 bits per heavy atom. The van der Waals surface area contributed by atoms with Crippen molar-refractivity contribution in [3.63, 3.8) is 0 Å². The summed E-state index contributed by atoms with van der Waals surface area (Å²) in [5.74, 6) is -0.683. The van der Waals surface area contributed by atoms with E-state index in [0.717, 1.165) is 6.42 Å². The predicted molar refractivity (Wildman–Crippen MR) is 39.9 cm³/mol. The second-order valence-electron chi connectivity index (χ2n) is 1.67. The van der Waals surface area contributed by atoms with Crippen molar-refractivity contribution in [3.05, 3.63) is 11.6 Å². The molecule has 10 heavy (non-hydrogen) atoms. The molecule has 0 aromatic rings. The molecule has 1 N–H and O–H groups in total. The normalized spacial score (nSPS) is 10.1. The van der Waals surface area contributed by atoms with Crippen LogP contribution >= 0.6 is 0 Å². The van der Waals surface area contributed by atoms with Gasteiger partial charge in [-0.25, -0.2) is 4.79 Å². The molecular weight excluding hydrogens is 159 g/mol.